The van der Waals surface area contributed by atoms with Crippen LogP contribution in [-0.2, 0) is 16.2 Å². The first-order valence-electron chi connectivity index (χ1n) is 22.9. The van der Waals surface area contributed by atoms with Gasteiger partial charge in [0.05, 0.1) is 76.0 Å². The van der Waals surface area contributed by atoms with Gasteiger partial charge in [-0.2, -0.15) is 36.7 Å². The molecule has 0 amide bonds. The number of methoxy groups -OCH3 is 1. The van der Waals surface area contributed by atoms with Gasteiger partial charge in [-0.3, -0.25) is 4.99 Å². The fourth-order valence-electron chi connectivity index (χ4n) is 7.72. The predicted molar refractivity (Wildman–Crippen MR) is 278 cm³/mol. The third kappa shape index (κ3) is 13.4. The first-order chi connectivity index (χ1) is 37.2. The summed E-state index contributed by atoms with van der Waals surface area (Å²) in [5, 5.41) is 71.1. The van der Waals surface area contributed by atoms with Crippen LogP contribution in [0.1, 0.15) is 102 Å². The Bertz CT molecular complexity index is 3500. The minimum atomic E-state index is -0.257. The molecule has 0 spiro atoms. The molecule has 0 N–H and O–H groups in total. The van der Waals surface area contributed by atoms with E-state index in [1.54, 1.807) is 126 Å². The van der Waals surface area contributed by atoms with Crippen LogP contribution in [0.5, 0.6) is 0 Å². The summed E-state index contributed by atoms with van der Waals surface area (Å²) in [5.74, 6) is 1.53. The largest absolute Gasteiger partial charge is 0.399 e. The van der Waals surface area contributed by atoms with E-state index in [4.69, 9.17) is 36.3 Å². The summed E-state index contributed by atoms with van der Waals surface area (Å²) in [6, 6.07) is 56.0. The molecular formula is C57H43N17O2. The van der Waals surface area contributed by atoms with Crippen LogP contribution in [0.25, 0.3) is 0 Å². The van der Waals surface area contributed by atoms with Gasteiger partial charge >= 0.3 is 0 Å². The van der Waals surface area contributed by atoms with E-state index in [2.05, 4.69) is 81.6 Å². The number of nitrogens with zero attached hydrogens (tertiary/aromatic N) is 17. The van der Waals surface area contributed by atoms with Crippen LogP contribution in [0.2, 0.25) is 0 Å². The molecule has 0 aliphatic heterocycles. The van der Waals surface area contributed by atoms with Gasteiger partial charge < -0.3 is 9.57 Å². The molecule has 0 aliphatic carbocycles. The molecule has 0 fully saturated rings. The topological polar surface area (TPSA) is 278 Å². The van der Waals surface area contributed by atoms with Crippen LogP contribution in [-0.4, -0.2) is 78.0 Å². The average Bonchev–Trinajstić information content (AvgIpc) is 4.28. The highest BCUT2D eigenvalue weighted by atomic mass is 16.6. The lowest BCUT2D eigenvalue weighted by atomic mass is 9.97. The van der Waals surface area contributed by atoms with Gasteiger partial charge in [0.25, 0.3) is 0 Å². The van der Waals surface area contributed by atoms with Crippen molar-refractivity contribution < 1.29 is 9.57 Å². The highest BCUT2D eigenvalue weighted by Crippen LogP contribution is 2.29. The third-order valence-corrected chi connectivity index (χ3v) is 11.3. The molecule has 0 saturated carbocycles. The van der Waals surface area contributed by atoms with Crippen molar-refractivity contribution in [2.45, 2.75) is 24.7 Å². The van der Waals surface area contributed by atoms with E-state index >= 15 is 0 Å². The van der Waals surface area contributed by atoms with Crippen LogP contribution < -0.4 is 0 Å². The van der Waals surface area contributed by atoms with Gasteiger partial charge in [-0.15, -0.1) is 10.2 Å². The van der Waals surface area contributed by atoms with E-state index in [0.29, 0.717) is 57.5 Å². The summed E-state index contributed by atoms with van der Waals surface area (Å²) in [6.07, 6.45) is 7.93. The fraction of sp³-hybridized carbons (Fsp3) is 0.123. The van der Waals surface area contributed by atoms with Gasteiger partial charge in [-0.05, 0) is 106 Å². The van der Waals surface area contributed by atoms with Crippen LogP contribution in [0.15, 0.2) is 175 Å². The lowest BCUT2D eigenvalue weighted by Crippen LogP contribution is -2.13. The van der Waals surface area contributed by atoms with E-state index in [1.165, 1.54) is 13.3 Å². The van der Waals surface area contributed by atoms with Gasteiger partial charge in [0, 0.05) is 14.2 Å². The zero-order chi connectivity index (χ0) is 53.7. The first-order valence-corrected chi connectivity index (χ1v) is 22.9. The highest BCUT2D eigenvalue weighted by Gasteiger charge is 2.21. The second-order valence-corrected chi connectivity index (χ2v) is 16.2. The summed E-state index contributed by atoms with van der Waals surface area (Å²) >= 11 is 0. The van der Waals surface area contributed by atoms with Crippen LogP contribution in [0.4, 0.5) is 0 Å². The normalized spacial score (nSPS) is 10.6. The lowest BCUT2D eigenvalue weighted by molar-refractivity contribution is 0.177. The predicted octanol–water partition coefficient (Wildman–Crippen LogP) is 8.15. The van der Waals surface area contributed by atoms with Crippen molar-refractivity contribution in [3.05, 3.63) is 249 Å². The van der Waals surface area contributed by atoms with Crippen molar-refractivity contribution in [2.24, 2.45) is 10.1 Å². The van der Waals surface area contributed by atoms with E-state index in [1.807, 2.05) is 72.8 Å². The second kappa shape index (κ2) is 26.3. The molecule has 3 heterocycles. The molecule has 76 heavy (non-hydrogen) atoms. The molecule has 9 rings (SSSR count). The Kier molecular flexibility index (Phi) is 18.2. The molecule has 19 heteroatoms. The standard InChI is InChI=1S/C19H14N6O.C19H14N6.C19H15N5O/c1-26-23-12-18-22-13-25(24-18)19(16-6-2-14(10-20)3-7-16)17-8-4-15(11-21)5-9-17;1-22-12-18-23-13-25(24-18)19(16-6-2-14(10-20)3-7-16)17-8-4-15(11-21)5-9-17;1-25-12-18-22-13-24(23-18)19(16-6-2-14(10-20)3-7-16)17-8-4-15(11-21)5-9-17/h2-9,12-13,19H,1H3;2-9,12-13,19H,1H3;2-9,13,19H,12H2,1H3/b23-12-;;. The lowest BCUT2D eigenvalue weighted by Gasteiger charge is -2.18. The van der Waals surface area contributed by atoms with E-state index in [9.17, 15) is 0 Å². The zero-order valence-corrected chi connectivity index (χ0v) is 41.1. The van der Waals surface area contributed by atoms with Gasteiger partial charge in [0.15, 0.2) is 17.5 Å². The molecule has 0 bridgehead atoms. The maximum absolute atomic E-state index is 9.01. The van der Waals surface area contributed by atoms with Gasteiger partial charge in [-0.25, -0.2) is 29.0 Å². The monoisotopic (exact) mass is 997 g/mol. The molecule has 0 aliphatic rings. The SMILES string of the molecule is CN=Cc1ncn(C(c2ccc(C#N)cc2)c2ccc(C#N)cc2)n1.CO/N=C\c1ncn(C(c2ccc(C#N)cc2)c2ccc(C#N)cc2)n1.COCc1ncn(C(c2ccc(C#N)cc2)c2ccc(C#N)cc2)n1. The minimum absolute atomic E-state index is 0.210. The quantitative estimate of drug-likeness (QED) is 0.0734. The highest BCUT2D eigenvalue weighted by molar-refractivity contribution is 5.74. The Labute approximate surface area is 437 Å². The molecule has 6 aromatic carbocycles. The van der Waals surface area contributed by atoms with Crippen molar-refractivity contribution in [2.75, 3.05) is 21.3 Å². The molecule has 0 radical (unpaired) electrons. The minimum Gasteiger partial charge on any atom is -0.399 e. The molecule has 0 saturated heterocycles. The summed E-state index contributed by atoms with van der Waals surface area (Å²) in [6.45, 7) is 0.334. The molecular weight excluding hydrogens is 955 g/mol. The van der Waals surface area contributed by atoms with Crippen molar-refractivity contribution in [1.82, 2.24) is 44.3 Å². The number of ether oxygens (including phenoxy) is 1. The maximum Gasteiger partial charge on any atom is 0.195 e. The number of nitriles is 6. The molecule has 0 unspecified atom stereocenters. The number of rotatable bonds is 14. The average molecular weight is 998 g/mol. The number of benzene rings is 6. The van der Waals surface area contributed by atoms with Crippen molar-refractivity contribution in [3.63, 3.8) is 0 Å². The van der Waals surface area contributed by atoms with Gasteiger partial charge in [-0.1, -0.05) is 78.0 Å². The van der Waals surface area contributed by atoms with Crippen LogP contribution in [0.3, 0.4) is 0 Å². The number of aromatic nitrogens is 9. The number of aliphatic imine (C=N–C) groups is 1. The van der Waals surface area contributed by atoms with E-state index in [-0.39, 0.29) is 18.1 Å². The number of hydrogen-bond donors (Lipinski definition) is 0. The van der Waals surface area contributed by atoms with Gasteiger partial charge in [0.2, 0.25) is 0 Å². The Morgan fingerprint density at radius 1 is 0.421 bits per heavy atom. The first kappa shape index (κ1) is 52.6. The summed E-state index contributed by atoms with van der Waals surface area (Å²) in [5.41, 5.74) is 9.30. The Morgan fingerprint density at radius 3 is 0.961 bits per heavy atom. The fourth-order valence-corrected chi connectivity index (χ4v) is 7.72. The smallest absolute Gasteiger partial charge is 0.195 e. The van der Waals surface area contributed by atoms with Crippen LogP contribution in [0, 0.1) is 68.0 Å². The van der Waals surface area contributed by atoms with E-state index < -0.39 is 0 Å². The number of hydrogen-bond acceptors (Lipinski definition) is 16. The van der Waals surface area contributed by atoms with Crippen LogP contribution >= 0.6 is 0 Å². The van der Waals surface area contributed by atoms with Crippen molar-refractivity contribution >= 4 is 12.4 Å². The number of oxime groups is 1. The molecule has 9 aromatic rings. The van der Waals surface area contributed by atoms with E-state index in [0.717, 1.165) is 33.4 Å². The zero-order valence-electron chi connectivity index (χ0n) is 41.1. The summed E-state index contributed by atoms with van der Waals surface area (Å²) in [7, 11) is 4.71. The third-order valence-electron chi connectivity index (χ3n) is 11.3. The maximum atomic E-state index is 9.01. The van der Waals surface area contributed by atoms with Crippen molar-refractivity contribution in [1.29, 1.82) is 31.6 Å². The van der Waals surface area contributed by atoms with Gasteiger partial charge in [0.1, 0.15) is 57.0 Å². The Hall–Kier alpha value is -11.2. The molecule has 368 valence electrons. The summed E-state index contributed by atoms with van der Waals surface area (Å²) < 4.78 is 10.3. The molecule has 19 nitrogen and oxygen atoms in total. The second-order valence-electron chi connectivity index (χ2n) is 16.2. The Balaban J connectivity index is 0.000000166. The molecule has 0 atom stereocenters. The summed E-state index contributed by atoms with van der Waals surface area (Å²) in [4.78, 5) is 21.3. The molecule has 3 aromatic heterocycles. The van der Waals surface area contributed by atoms with Crippen molar-refractivity contribution in [3.8, 4) is 36.4 Å². The Morgan fingerprint density at radius 2 is 0.697 bits per heavy atom.